The molecule has 0 unspecified atom stereocenters. The number of hydrogen-bond acceptors (Lipinski definition) is 3. The summed E-state index contributed by atoms with van der Waals surface area (Å²) in [4.78, 5) is 4.01. The molecular weight excluding hydrogens is 212 g/mol. The highest BCUT2D eigenvalue weighted by molar-refractivity contribution is 5.66. The number of nitrogens with one attached hydrogen (secondary N) is 1. The van der Waals surface area contributed by atoms with E-state index in [1.165, 1.54) is 5.56 Å². The van der Waals surface area contributed by atoms with Crippen molar-refractivity contribution in [3.05, 3.63) is 42.5 Å². The Kier molecular flexibility index (Phi) is 3.65. The van der Waals surface area contributed by atoms with Crippen molar-refractivity contribution in [1.82, 2.24) is 9.55 Å². The van der Waals surface area contributed by atoms with Gasteiger partial charge in [0.25, 0.3) is 0 Å². The van der Waals surface area contributed by atoms with E-state index in [1.807, 2.05) is 31.6 Å². The van der Waals surface area contributed by atoms with Crippen molar-refractivity contribution in [3.63, 3.8) is 0 Å². The number of nitrogens with zero attached hydrogens (tertiary/aromatic N) is 2. The zero-order valence-corrected chi connectivity index (χ0v) is 10.1. The molecular formula is C13H18N4. The molecule has 0 radical (unpaired) electrons. The Morgan fingerprint density at radius 1 is 1.41 bits per heavy atom. The first-order chi connectivity index (χ1) is 8.25. The normalized spacial score (nSPS) is 10.4. The molecule has 4 heteroatoms. The van der Waals surface area contributed by atoms with Crippen molar-refractivity contribution in [3.8, 4) is 0 Å². The van der Waals surface area contributed by atoms with Gasteiger partial charge >= 0.3 is 0 Å². The van der Waals surface area contributed by atoms with Gasteiger partial charge < -0.3 is 15.6 Å². The highest BCUT2D eigenvalue weighted by Gasteiger charge is 1.98. The van der Waals surface area contributed by atoms with Crippen LogP contribution in [0.25, 0.3) is 0 Å². The molecule has 0 amide bonds. The first kappa shape index (κ1) is 11.5. The molecule has 2 aromatic rings. The van der Waals surface area contributed by atoms with Crippen LogP contribution in [-0.4, -0.2) is 16.1 Å². The summed E-state index contributed by atoms with van der Waals surface area (Å²) in [6, 6.07) is 6.08. The first-order valence-electron chi connectivity index (χ1n) is 5.81. The smallest absolute Gasteiger partial charge is 0.0945 e. The number of anilines is 2. The number of benzene rings is 1. The molecule has 0 saturated heterocycles. The van der Waals surface area contributed by atoms with E-state index in [1.54, 1.807) is 6.20 Å². The SMILES string of the molecule is Cc1ccc(NCCCn2ccnc2)c(N)c1. The maximum atomic E-state index is 5.92. The van der Waals surface area contributed by atoms with Crippen molar-refractivity contribution < 1.29 is 0 Å². The summed E-state index contributed by atoms with van der Waals surface area (Å²) >= 11 is 0. The van der Waals surface area contributed by atoms with Crippen LogP contribution in [0.4, 0.5) is 11.4 Å². The molecule has 1 aromatic carbocycles. The Labute approximate surface area is 101 Å². The quantitative estimate of drug-likeness (QED) is 0.612. The third kappa shape index (κ3) is 3.24. The van der Waals surface area contributed by atoms with Gasteiger partial charge in [-0.3, -0.25) is 0 Å². The van der Waals surface area contributed by atoms with Gasteiger partial charge in [0.05, 0.1) is 17.7 Å². The van der Waals surface area contributed by atoms with Crippen molar-refractivity contribution in [1.29, 1.82) is 0 Å². The monoisotopic (exact) mass is 230 g/mol. The number of imidazole rings is 1. The molecule has 0 atom stereocenters. The van der Waals surface area contributed by atoms with Crippen molar-refractivity contribution in [2.24, 2.45) is 0 Å². The van der Waals surface area contributed by atoms with E-state index in [9.17, 15) is 0 Å². The van der Waals surface area contributed by atoms with Gasteiger partial charge in [0.2, 0.25) is 0 Å². The zero-order chi connectivity index (χ0) is 12.1. The summed E-state index contributed by atoms with van der Waals surface area (Å²) in [6.45, 7) is 3.92. The molecule has 0 saturated carbocycles. The molecule has 0 aliphatic carbocycles. The topological polar surface area (TPSA) is 55.9 Å². The lowest BCUT2D eigenvalue weighted by atomic mass is 10.2. The zero-order valence-electron chi connectivity index (χ0n) is 10.1. The van der Waals surface area contributed by atoms with Gasteiger partial charge in [-0.2, -0.15) is 0 Å². The number of nitrogen functional groups attached to an aromatic ring is 1. The highest BCUT2D eigenvalue weighted by atomic mass is 15.0. The number of rotatable bonds is 5. The van der Waals surface area contributed by atoms with Crippen LogP contribution in [0.15, 0.2) is 36.9 Å². The van der Waals surface area contributed by atoms with Gasteiger partial charge in [0.1, 0.15) is 0 Å². The van der Waals surface area contributed by atoms with Gasteiger partial charge in [-0.1, -0.05) is 6.07 Å². The average Bonchev–Trinajstić information content (AvgIpc) is 2.79. The van der Waals surface area contributed by atoms with E-state index in [-0.39, 0.29) is 0 Å². The summed E-state index contributed by atoms with van der Waals surface area (Å²) in [5.41, 5.74) is 8.93. The maximum absolute atomic E-state index is 5.92. The number of aromatic nitrogens is 2. The van der Waals surface area contributed by atoms with Gasteiger partial charge in [-0.25, -0.2) is 4.98 Å². The third-order valence-electron chi connectivity index (χ3n) is 2.67. The lowest BCUT2D eigenvalue weighted by Crippen LogP contribution is -2.07. The van der Waals surface area contributed by atoms with Crippen LogP contribution in [0.5, 0.6) is 0 Å². The number of nitrogens with two attached hydrogens (primary N) is 1. The molecule has 1 aromatic heterocycles. The Hall–Kier alpha value is -1.97. The molecule has 0 fully saturated rings. The first-order valence-corrected chi connectivity index (χ1v) is 5.81. The molecule has 0 aliphatic rings. The minimum Gasteiger partial charge on any atom is -0.397 e. The van der Waals surface area contributed by atoms with Crippen LogP contribution in [0.1, 0.15) is 12.0 Å². The van der Waals surface area contributed by atoms with Gasteiger partial charge in [-0.05, 0) is 31.0 Å². The Morgan fingerprint density at radius 3 is 3.00 bits per heavy atom. The second-order valence-corrected chi connectivity index (χ2v) is 4.17. The fraction of sp³-hybridized carbons (Fsp3) is 0.308. The van der Waals surface area contributed by atoms with E-state index in [4.69, 9.17) is 5.73 Å². The van der Waals surface area contributed by atoms with Crippen molar-refractivity contribution >= 4 is 11.4 Å². The summed E-state index contributed by atoms with van der Waals surface area (Å²) in [5.74, 6) is 0. The molecule has 17 heavy (non-hydrogen) atoms. The largest absolute Gasteiger partial charge is 0.397 e. The molecule has 90 valence electrons. The van der Waals surface area contributed by atoms with Crippen LogP contribution in [0.3, 0.4) is 0 Å². The lowest BCUT2D eigenvalue weighted by molar-refractivity contribution is 0.661. The number of aryl methyl sites for hydroxylation is 2. The standard InChI is InChI=1S/C13H18N4/c1-11-3-4-13(12(14)9-11)16-5-2-7-17-8-6-15-10-17/h3-4,6,8-10,16H,2,5,7,14H2,1H3. The molecule has 0 bridgehead atoms. The van der Waals surface area contributed by atoms with Crippen LogP contribution < -0.4 is 11.1 Å². The van der Waals surface area contributed by atoms with Crippen LogP contribution in [0.2, 0.25) is 0 Å². The average molecular weight is 230 g/mol. The summed E-state index contributed by atoms with van der Waals surface area (Å²) in [6.07, 6.45) is 6.65. The van der Waals surface area contributed by atoms with Crippen molar-refractivity contribution in [2.45, 2.75) is 19.9 Å². The predicted octanol–water partition coefficient (Wildman–Crippen LogP) is 2.28. The molecule has 4 nitrogen and oxygen atoms in total. The third-order valence-corrected chi connectivity index (χ3v) is 2.67. The van der Waals surface area contributed by atoms with E-state index in [2.05, 4.69) is 20.9 Å². The lowest BCUT2D eigenvalue weighted by Gasteiger charge is -2.10. The molecule has 0 aliphatic heterocycles. The van der Waals surface area contributed by atoms with Gasteiger partial charge in [0.15, 0.2) is 0 Å². The van der Waals surface area contributed by atoms with Crippen LogP contribution >= 0.6 is 0 Å². The molecule has 3 N–H and O–H groups in total. The molecule has 1 heterocycles. The summed E-state index contributed by atoms with van der Waals surface area (Å²) < 4.78 is 2.07. The predicted molar refractivity (Wildman–Crippen MR) is 70.9 cm³/mol. The van der Waals surface area contributed by atoms with E-state index in [0.29, 0.717) is 0 Å². The summed E-state index contributed by atoms with van der Waals surface area (Å²) in [7, 11) is 0. The van der Waals surface area contributed by atoms with E-state index >= 15 is 0 Å². The second-order valence-electron chi connectivity index (χ2n) is 4.17. The Morgan fingerprint density at radius 2 is 2.29 bits per heavy atom. The van der Waals surface area contributed by atoms with Gasteiger partial charge in [-0.15, -0.1) is 0 Å². The van der Waals surface area contributed by atoms with Crippen molar-refractivity contribution in [2.75, 3.05) is 17.6 Å². The molecule has 2 rings (SSSR count). The van der Waals surface area contributed by atoms with Crippen LogP contribution in [0, 0.1) is 6.92 Å². The van der Waals surface area contributed by atoms with E-state index in [0.717, 1.165) is 30.9 Å². The molecule has 0 spiro atoms. The minimum absolute atomic E-state index is 0.813. The fourth-order valence-corrected chi connectivity index (χ4v) is 1.75. The Bertz CT molecular complexity index is 462. The number of hydrogen-bond donors (Lipinski definition) is 2. The summed E-state index contributed by atoms with van der Waals surface area (Å²) in [5, 5.41) is 3.34. The van der Waals surface area contributed by atoms with E-state index < -0.39 is 0 Å². The Balaban J connectivity index is 1.78. The fourth-order valence-electron chi connectivity index (χ4n) is 1.75. The van der Waals surface area contributed by atoms with Gasteiger partial charge in [0, 0.05) is 25.5 Å². The highest BCUT2D eigenvalue weighted by Crippen LogP contribution is 2.19. The second kappa shape index (κ2) is 5.39. The van der Waals surface area contributed by atoms with Crippen LogP contribution in [-0.2, 0) is 6.54 Å². The minimum atomic E-state index is 0.813. The maximum Gasteiger partial charge on any atom is 0.0945 e.